The predicted molar refractivity (Wildman–Crippen MR) is 81.7 cm³/mol. The van der Waals surface area contributed by atoms with Gasteiger partial charge in [0, 0.05) is 24.2 Å². The molecule has 0 aliphatic carbocycles. The van der Waals surface area contributed by atoms with Crippen molar-refractivity contribution in [3.63, 3.8) is 0 Å². The van der Waals surface area contributed by atoms with Gasteiger partial charge in [-0.05, 0) is 39.8 Å². The number of methoxy groups -OCH3 is 1. The number of hydrogen-bond acceptors (Lipinski definition) is 3. The minimum Gasteiger partial charge on any atom is -0.496 e. The van der Waals surface area contributed by atoms with E-state index in [-0.39, 0.29) is 6.04 Å². The molecule has 0 radical (unpaired) electrons. The van der Waals surface area contributed by atoms with Crippen molar-refractivity contribution in [3.05, 3.63) is 29.3 Å². The second kappa shape index (κ2) is 7.51. The average Bonchev–Trinajstić information content (AvgIpc) is 2.37. The van der Waals surface area contributed by atoms with E-state index in [0.29, 0.717) is 6.04 Å². The zero-order chi connectivity index (χ0) is 14.4. The summed E-state index contributed by atoms with van der Waals surface area (Å²) in [7, 11) is 1.70. The molecule has 1 rings (SSSR count). The number of ether oxygens (including phenoxy) is 1. The summed E-state index contributed by atoms with van der Waals surface area (Å²) in [5.74, 6) is 0.887. The van der Waals surface area contributed by atoms with Crippen LogP contribution in [0.1, 0.15) is 44.4 Å². The normalized spacial score (nSPS) is 13.1. The molecule has 19 heavy (non-hydrogen) atoms. The minimum absolute atomic E-state index is 0.0104. The first-order chi connectivity index (χ1) is 8.99. The van der Waals surface area contributed by atoms with Gasteiger partial charge in [0.15, 0.2) is 0 Å². The van der Waals surface area contributed by atoms with Gasteiger partial charge >= 0.3 is 0 Å². The Labute approximate surface area is 117 Å². The van der Waals surface area contributed by atoms with Gasteiger partial charge < -0.3 is 10.5 Å². The second-order valence-electron chi connectivity index (χ2n) is 5.44. The molecule has 0 saturated heterocycles. The van der Waals surface area contributed by atoms with Crippen LogP contribution in [0.15, 0.2) is 18.2 Å². The summed E-state index contributed by atoms with van der Waals surface area (Å²) in [5.41, 5.74) is 8.71. The number of hydrogen-bond donors (Lipinski definition) is 1. The Morgan fingerprint density at radius 1 is 1.32 bits per heavy atom. The van der Waals surface area contributed by atoms with Gasteiger partial charge in [-0.3, -0.25) is 4.90 Å². The van der Waals surface area contributed by atoms with Crippen molar-refractivity contribution in [2.75, 3.05) is 20.2 Å². The van der Waals surface area contributed by atoms with Crippen LogP contribution in [-0.2, 0) is 0 Å². The molecule has 0 bridgehead atoms. The van der Waals surface area contributed by atoms with Crippen LogP contribution in [0.2, 0.25) is 0 Å². The van der Waals surface area contributed by atoms with Crippen LogP contribution in [0.25, 0.3) is 0 Å². The van der Waals surface area contributed by atoms with Crippen LogP contribution in [-0.4, -0.2) is 31.1 Å². The summed E-state index contributed by atoms with van der Waals surface area (Å²) < 4.78 is 5.42. The van der Waals surface area contributed by atoms with Gasteiger partial charge in [-0.25, -0.2) is 0 Å². The molecule has 2 N–H and O–H groups in total. The first kappa shape index (κ1) is 16.0. The quantitative estimate of drug-likeness (QED) is 0.822. The molecule has 0 heterocycles. The lowest BCUT2D eigenvalue weighted by atomic mass is 10.0. The number of nitrogens with two attached hydrogens (primary N) is 1. The molecule has 0 aliphatic heterocycles. The fraction of sp³-hybridized carbons (Fsp3) is 0.625. The lowest BCUT2D eigenvalue weighted by Crippen LogP contribution is -2.37. The van der Waals surface area contributed by atoms with E-state index in [1.54, 1.807) is 7.11 Å². The number of benzene rings is 1. The van der Waals surface area contributed by atoms with Crippen LogP contribution in [0.5, 0.6) is 5.75 Å². The molecule has 108 valence electrons. The van der Waals surface area contributed by atoms with E-state index in [0.717, 1.165) is 30.8 Å². The van der Waals surface area contributed by atoms with E-state index >= 15 is 0 Å². The molecule has 1 aromatic carbocycles. The predicted octanol–water partition coefficient (Wildman–Crippen LogP) is 3.12. The van der Waals surface area contributed by atoms with Crippen molar-refractivity contribution in [3.8, 4) is 5.75 Å². The van der Waals surface area contributed by atoms with Crippen LogP contribution >= 0.6 is 0 Å². The third-order valence-electron chi connectivity index (χ3n) is 3.46. The van der Waals surface area contributed by atoms with E-state index in [2.05, 4.69) is 44.7 Å². The highest BCUT2D eigenvalue weighted by molar-refractivity contribution is 5.39. The first-order valence-electron chi connectivity index (χ1n) is 7.13. The highest BCUT2D eigenvalue weighted by Crippen LogP contribution is 2.26. The van der Waals surface area contributed by atoms with Gasteiger partial charge in [0.2, 0.25) is 0 Å². The Bertz CT molecular complexity index is 390. The minimum atomic E-state index is -0.0104. The van der Waals surface area contributed by atoms with Crippen LogP contribution in [0.3, 0.4) is 0 Å². The van der Waals surface area contributed by atoms with E-state index < -0.39 is 0 Å². The summed E-state index contributed by atoms with van der Waals surface area (Å²) in [6.45, 7) is 10.7. The number of nitrogens with zero attached hydrogens (tertiary/aromatic N) is 1. The molecule has 0 saturated carbocycles. The fourth-order valence-electron chi connectivity index (χ4n) is 2.34. The van der Waals surface area contributed by atoms with Crippen LogP contribution in [0.4, 0.5) is 0 Å². The Balaban J connectivity index is 2.86. The maximum atomic E-state index is 6.39. The molecule has 0 aromatic heterocycles. The van der Waals surface area contributed by atoms with Crippen molar-refractivity contribution in [1.29, 1.82) is 0 Å². The number of rotatable bonds is 7. The van der Waals surface area contributed by atoms with Crippen LogP contribution < -0.4 is 10.5 Å². The lowest BCUT2D eigenvalue weighted by molar-refractivity contribution is 0.208. The maximum Gasteiger partial charge on any atom is 0.123 e. The molecule has 1 atom stereocenters. The van der Waals surface area contributed by atoms with Gasteiger partial charge in [0.25, 0.3) is 0 Å². The Morgan fingerprint density at radius 3 is 2.53 bits per heavy atom. The van der Waals surface area contributed by atoms with Crippen molar-refractivity contribution in [1.82, 2.24) is 4.90 Å². The monoisotopic (exact) mass is 264 g/mol. The summed E-state index contributed by atoms with van der Waals surface area (Å²) in [6.07, 6.45) is 1.15. The molecule has 1 unspecified atom stereocenters. The fourth-order valence-corrected chi connectivity index (χ4v) is 2.34. The van der Waals surface area contributed by atoms with Crippen molar-refractivity contribution >= 4 is 0 Å². The molecule has 0 amide bonds. The smallest absolute Gasteiger partial charge is 0.123 e. The molecule has 3 heteroatoms. The summed E-state index contributed by atoms with van der Waals surface area (Å²) in [4.78, 5) is 2.42. The number of aryl methyl sites for hydroxylation is 1. The van der Waals surface area contributed by atoms with Crippen LogP contribution in [0, 0.1) is 6.92 Å². The molecule has 0 fully saturated rings. The van der Waals surface area contributed by atoms with Gasteiger partial charge in [0.1, 0.15) is 5.75 Å². The van der Waals surface area contributed by atoms with E-state index in [9.17, 15) is 0 Å². The third kappa shape index (κ3) is 4.51. The molecular weight excluding hydrogens is 236 g/mol. The largest absolute Gasteiger partial charge is 0.496 e. The summed E-state index contributed by atoms with van der Waals surface area (Å²) >= 11 is 0. The average molecular weight is 264 g/mol. The van der Waals surface area contributed by atoms with Gasteiger partial charge in [-0.1, -0.05) is 24.6 Å². The maximum absolute atomic E-state index is 6.39. The molecular formula is C16H28N2O. The van der Waals surface area contributed by atoms with Crippen molar-refractivity contribution in [2.24, 2.45) is 5.73 Å². The van der Waals surface area contributed by atoms with Crippen molar-refractivity contribution in [2.45, 2.75) is 46.2 Å². The van der Waals surface area contributed by atoms with Crippen molar-refractivity contribution < 1.29 is 4.74 Å². The topological polar surface area (TPSA) is 38.5 Å². The van der Waals surface area contributed by atoms with E-state index in [1.807, 2.05) is 6.07 Å². The third-order valence-corrected chi connectivity index (χ3v) is 3.46. The Morgan fingerprint density at radius 2 is 2.00 bits per heavy atom. The van der Waals surface area contributed by atoms with Gasteiger partial charge in [-0.15, -0.1) is 0 Å². The summed E-state index contributed by atoms with van der Waals surface area (Å²) in [5, 5.41) is 0. The first-order valence-corrected chi connectivity index (χ1v) is 7.13. The van der Waals surface area contributed by atoms with Gasteiger partial charge in [-0.2, -0.15) is 0 Å². The standard InChI is InChI=1S/C16H28N2O/c1-6-9-18(12(2)3)11-15(17)14-10-13(4)7-8-16(14)19-5/h7-8,10,12,15H,6,9,11,17H2,1-5H3. The lowest BCUT2D eigenvalue weighted by Gasteiger charge is -2.29. The molecule has 3 nitrogen and oxygen atoms in total. The summed E-state index contributed by atoms with van der Waals surface area (Å²) in [6, 6.07) is 6.70. The second-order valence-corrected chi connectivity index (χ2v) is 5.44. The SMILES string of the molecule is CCCN(CC(N)c1cc(C)ccc1OC)C(C)C. The Hall–Kier alpha value is -1.06. The zero-order valence-corrected chi connectivity index (χ0v) is 12.9. The Kier molecular flexibility index (Phi) is 6.32. The highest BCUT2D eigenvalue weighted by Gasteiger charge is 2.17. The molecule has 0 spiro atoms. The molecule has 1 aromatic rings. The van der Waals surface area contributed by atoms with E-state index in [1.165, 1.54) is 5.56 Å². The molecule has 0 aliphatic rings. The van der Waals surface area contributed by atoms with Gasteiger partial charge in [0.05, 0.1) is 7.11 Å². The zero-order valence-electron chi connectivity index (χ0n) is 12.9. The van der Waals surface area contributed by atoms with E-state index in [4.69, 9.17) is 10.5 Å². The highest BCUT2D eigenvalue weighted by atomic mass is 16.5.